The maximum absolute atomic E-state index is 11.9. The molecule has 0 aliphatic rings. The van der Waals surface area contributed by atoms with E-state index in [4.69, 9.17) is 9.47 Å². The van der Waals surface area contributed by atoms with E-state index in [1.165, 1.54) is 19.3 Å². The van der Waals surface area contributed by atoms with Crippen molar-refractivity contribution in [3.8, 4) is 0 Å². The first-order chi connectivity index (χ1) is 10.2. The summed E-state index contributed by atoms with van der Waals surface area (Å²) in [6.45, 7) is 6.66. The molecule has 0 aliphatic heterocycles. The van der Waals surface area contributed by atoms with E-state index in [0.29, 0.717) is 25.4 Å². The summed E-state index contributed by atoms with van der Waals surface area (Å²) in [4.78, 5) is 23.2. The van der Waals surface area contributed by atoms with Crippen LogP contribution in [0.25, 0.3) is 0 Å². The highest BCUT2D eigenvalue weighted by molar-refractivity contribution is 7.99. The average Bonchev–Trinajstić information content (AvgIpc) is 2.46. The third-order valence-electron chi connectivity index (χ3n) is 3.10. The van der Waals surface area contributed by atoms with Gasteiger partial charge in [0.25, 0.3) is 0 Å². The molecule has 0 aliphatic carbocycles. The Balaban J connectivity index is 3.97. The molecular weight excluding hydrogens is 288 g/mol. The Morgan fingerprint density at radius 2 is 1.71 bits per heavy atom. The zero-order valence-corrected chi connectivity index (χ0v) is 14.5. The van der Waals surface area contributed by atoms with Crippen LogP contribution in [0.1, 0.15) is 59.3 Å². The molecule has 21 heavy (non-hydrogen) atoms. The van der Waals surface area contributed by atoms with Crippen LogP contribution in [-0.2, 0) is 19.1 Å². The average molecular weight is 318 g/mol. The molecule has 0 saturated heterocycles. The van der Waals surface area contributed by atoms with Crippen LogP contribution >= 0.6 is 11.8 Å². The van der Waals surface area contributed by atoms with E-state index in [-0.39, 0.29) is 17.9 Å². The van der Waals surface area contributed by atoms with Crippen molar-refractivity contribution in [3.05, 3.63) is 0 Å². The Morgan fingerprint density at radius 3 is 2.33 bits per heavy atom. The molecule has 0 radical (unpaired) electrons. The molecule has 0 aromatic rings. The highest BCUT2D eigenvalue weighted by Crippen LogP contribution is 2.19. The number of hydrogen-bond acceptors (Lipinski definition) is 5. The molecule has 0 aromatic heterocycles. The fourth-order valence-corrected chi connectivity index (χ4v) is 3.03. The molecule has 0 spiro atoms. The Hall–Kier alpha value is -0.710. The first-order valence-electron chi connectivity index (χ1n) is 8.05. The fourth-order valence-electron chi connectivity index (χ4n) is 1.96. The zero-order chi connectivity index (χ0) is 15.9. The number of thioether (sulfide) groups is 1. The van der Waals surface area contributed by atoms with Gasteiger partial charge in [0.15, 0.2) is 0 Å². The fraction of sp³-hybridized carbons (Fsp3) is 0.875. The van der Waals surface area contributed by atoms with Crippen LogP contribution in [0, 0.1) is 5.92 Å². The van der Waals surface area contributed by atoms with Gasteiger partial charge in [-0.05, 0) is 20.3 Å². The Morgan fingerprint density at radius 1 is 1.00 bits per heavy atom. The van der Waals surface area contributed by atoms with Crippen molar-refractivity contribution in [1.82, 2.24) is 0 Å². The molecule has 4 nitrogen and oxygen atoms in total. The van der Waals surface area contributed by atoms with Crippen molar-refractivity contribution in [1.29, 1.82) is 0 Å². The predicted octanol–water partition coefficient (Wildman–Crippen LogP) is 3.82. The third kappa shape index (κ3) is 11.6. The topological polar surface area (TPSA) is 52.6 Å². The lowest BCUT2D eigenvalue weighted by Gasteiger charge is -2.15. The van der Waals surface area contributed by atoms with Gasteiger partial charge < -0.3 is 9.47 Å². The lowest BCUT2D eigenvalue weighted by atomic mass is 10.0. The summed E-state index contributed by atoms with van der Waals surface area (Å²) in [5.74, 6) is 1.11. The van der Waals surface area contributed by atoms with E-state index in [2.05, 4.69) is 6.92 Å². The lowest BCUT2D eigenvalue weighted by Crippen LogP contribution is -2.20. The van der Waals surface area contributed by atoms with Gasteiger partial charge in [-0.3, -0.25) is 9.59 Å². The summed E-state index contributed by atoms with van der Waals surface area (Å²) >= 11 is 1.63. The summed E-state index contributed by atoms with van der Waals surface area (Å²) in [6, 6.07) is 0. The molecule has 0 amide bonds. The van der Waals surface area contributed by atoms with Crippen LogP contribution < -0.4 is 0 Å². The van der Waals surface area contributed by atoms with Gasteiger partial charge >= 0.3 is 11.9 Å². The van der Waals surface area contributed by atoms with Crippen LogP contribution in [0.5, 0.6) is 0 Å². The quantitative estimate of drug-likeness (QED) is 0.382. The molecule has 0 bridgehead atoms. The third-order valence-corrected chi connectivity index (χ3v) is 4.23. The molecule has 1 unspecified atom stereocenters. The summed E-state index contributed by atoms with van der Waals surface area (Å²) in [6.07, 6.45) is 5.93. The molecule has 0 heterocycles. The summed E-state index contributed by atoms with van der Waals surface area (Å²) < 4.78 is 10.0. The Labute approximate surface area is 133 Å². The second-order valence-corrected chi connectivity index (χ2v) is 6.08. The van der Waals surface area contributed by atoms with Gasteiger partial charge in [0.05, 0.1) is 25.6 Å². The van der Waals surface area contributed by atoms with Crippen LogP contribution in [0.3, 0.4) is 0 Å². The largest absolute Gasteiger partial charge is 0.466 e. The maximum atomic E-state index is 11.9. The highest BCUT2D eigenvalue weighted by Gasteiger charge is 2.19. The minimum atomic E-state index is -0.166. The number of carbonyl (C=O) groups excluding carboxylic acids is 2. The molecule has 0 saturated carbocycles. The minimum absolute atomic E-state index is 0.0472. The molecule has 0 rings (SSSR count). The lowest BCUT2D eigenvalue weighted by molar-refractivity contribution is -0.147. The van der Waals surface area contributed by atoms with Gasteiger partial charge in [0.1, 0.15) is 0 Å². The van der Waals surface area contributed by atoms with Crippen LogP contribution in [0.15, 0.2) is 0 Å². The van der Waals surface area contributed by atoms with E-state index in [9.17, 15) is 9.59 Å². The summed E-state index contributed by atoms with van der Waals surface area (Å²) in [7, 11) is 0. The summed E-state index contributed by atoms with van der Waals surface area (Å²) in [5.41, 5.74) is 0. The number of esters is 2. The Kier molecular flexibility index (Phi) is 13.8. The van der Waals surface area contributed by atoms with E-state index in [1.54, 1.807) is 18.7 Å². The standard InChI is InChI=1S/C16H30O4S/c1-4-7-8-9-10-14(16(18)20-6-3)13-21-12-11-15(17)19-5-2/h14H,4-13H2,1-3H3. The predicted molar refractivity (Wildman–Crippen MR) is 87.5 cm³/mol. The van der Waals surface area contributed by atoms with Gasteiger partial charge in [0.2, 0.25) is 0 Å². The van der Waals surface area contributed by atoms with Gasteiger partial charge in [-0.1, -0.05) is 32.6 Å². The van der Waals surface area contributed by atoms with Crippen molar-refractivity contribution >= 4 is 23.7 Å². The molecule has 1 atom stereocenters. The molecule has 124 valence electrons. The monoisotopic (exact) mass is 318 g/mol. The second kappa shape index (κ2) is 14.2. The smallest absolute Gasteiger partial charge is 0.309 e. The first-order valence-corrected chi connectivity index (χ1v) is 9.21. The van der Waals surface area contributed by atoms with Crippen LogP contribution in [0.2, 0.25) is 0 Å². The van der Waals surface area contributed by atoms with Crippen molar-refractivity contribution in [2.24, 2.45) is 5.92 Å². The Bertz CT molecular complexity index is 281. The number of ether oxygens (including phenoxy) is 2. The van der Waals surface area contributed by atoms with Crippen molar-refractivity contribution in [2.75, 3.05) is 24.7 Å². The number of hydrogen-bond donors (Lipinski definition) is 0. The molecule has 0 aromatic carbocycles. The zero-order valence-electron chi connectivity index (χ0n) is 13.7. The molecule has 0 fully saturated rings. The normalized spacial score (nSPS) is 12.0. The van der Waals surface area contributed by atoms with Gasteiger partial charge in [0, 0.05) is 11.5 Å². The highest BCUT2D eigenvalue weighted by atomic mass is 32.2. The first kappa shape index (κ1) is 20.3. The van der Waals surface area contributed by atoms with Gasteiger partial charge in [-0.2, -0.15) is 11.8 Å². The summed E-state index contributed by atoms with van der Waals surface area (Å²) in [5, 5.41) is 0. The van der Waals surface area contributed by atoms with Crippen molar-refractivity contribution < 1.29 is 19.1 Å². The van der Waals surface area contributed by atoms with E-state index >= 15 is 0 Å². The van der Waals surface area contributed by atoms with E-state index in [0.717, 1.165) is 18.6 Å². The number of unbranched alkanes of at least 4 members (excludes halogenated alkanes) is 3. The van der Waals surface area contributed by atoms with Gasteiger partial charge in [-0.25, -0.2) is 0 Å². The van der Waals surface area contributed by atoms with Crippen molar-refractivity contribution in [3.63, 3.8) is 0 Å². The number of rotatable bonds is 13. The van der Waals surface area contributed by atoms with E-state index in [1.807, 2.05) is 6.92 Å². The SMILES string of the molecule is CCCCCCC(CSCCC(=O)OCC)C(=O)OCC. The molecule has 0 N–H and O–H groups in total. The second-order valence-electron chi connectivity index (χ2n) is 4.93. The number of carbonyl (C=O) groups is 2. The maximum Gasteiger partial charge on any atom is 0.309 e. The minimum Gasteiger partial charge on any atom is -0.466 e. The van der Waals surface area contributed by atoms with Gasteiger partial charge in [-0.15, -0.1) is 0 Å². The van der Waals surface area contributed by atoms with E-state index < -0.39 is 0 Å². The van der Waals surface area contributed by atoms with Crippen molar-refractivity contribution in [2.45, 2.75) is 59.3 Å². The van der Waals surface area contributed by atoms with Crippen LogP contribution in [0.4, 0.5) is 0 Å². The van der Waals surface area contributed by atoms with Crippen LogP contribution in [-0.4, -0.2) is 36.7 Å². The molecule has 5 heteroatoms. The molecular formula is C16H30O4S.